The molecule has 2 rings (SSSR count). The summed E-state index contributed by atoms with van der Waals surface area (Å²) < 4.78 is 0. The van der Waals surface area contributed by atoms with Crippen LogP contribution in [0.2, 0.25) is 0 Å². The first-order valence-corrected chi connectivity index (χ1v) is 8.48. The van der Waals surface area contributed by atoms with Gasteiger partial charge in [0.15, 0.2) is 0 Å². The van der Waals surface area contributed by atoms with Crippen LogP contribution in [0.15, 0.2) is 0 Å². The van der Waals surface area contributed by atoms with Gasteiger partial charge in [0.05, 0.1) is 0 Å². The number of hydrogen-bond acceptors (Lipinski definition) is 1. The van der Waals surface area contributed by atoms with Crippen LogP contribution in [0.5, 0.6) is 0 Å². The lowest BCUT2D eigenvalue weighted by atomic mass is 9.73. The van der Waals surface area contributed by atoms with Crippen molar-refractivity contribution in [3.05, 3.63) is 0 Å². The quantitative estimate of drug-likeness (QED) is 0.768. The second kappa shape index (κ2) is 6.47. The summed E-state index contributed by atoms with van der Waals surface area (Å²) in [6, 6.07) is 0. The second-order valence-corrected chi connectivity index (χ2v) is 7.27. The zero-order valence-corrected chi connectivity index (χ0v) is 13.0. The minimum Gasteiger partial charge on any atom is -0.355 e. The van der Waals surface area contributed by atoms with Crippen molar-refractivity contribution in [1.29, 1.82) is 0 Å². The first-order valence-electron chi connectivity index (χ1n) is 7.95. The van der Waals surface area contributed by atoms with Gasteiger partial charge in [-0.05, 0) is 25.7 Å². The third-order valence-electron chi connectivity index (χ3n) is 5.33. The number of nitrogens with one attached hydrogen (secondary N) is 1. The van der Waals surface area contributed by atoms with Gasteiger partial charge in [-0.1, -0.05) is 45.4 Å². The minimum atomic E-state index is -0.125. The van der Waals surface area contributed by atoms with Crippen molar-refractivity contribution in [2.45, 2.75) is 71.1 Å². The molecule has 2 saturated carbocycles. The van der Waals surface area contributed by atoms with Crippen molar-refractivity contribution >= 4 is 17.5 Å². The van der Waals surface area contributed by atoms with Crippen molar-refractivity contribution in [3.8, 4) is 0 Å². The number of alkyl halides is 1. The summed E-state index contributed by atoms with van der Waals surface area (Å²) in [5.74, 6) is 0.951. The molecule has 0 atom stereocenters. The Kier molecular flexibility index (Phi) is 5.16. The summed E-state index contributed by atoms with van der Waals surface area (Å²) in [7, 11) is 0. The molecule has 2 nitrogen and oxygen atoms in total. The van der Waals surface area contributed by atoms with Gasteiger partial charge in [0.25, 0.3) is 0 Å². The van der Waals surface area contributed by atoms with E-state index in [1.165, 1.54) is 51.4 Å². The van der Waals surface area contributed by atoms with Gasteiger partial charge < -0.3 is 5.32 Å². The maximum absolute atomic E-state index is 12.5. The van der Waals surface area contributed by atoms with Crippen LogP contribution in [0, 0.1) is 10.8 Å². The van der Waals surface area contributed by atoms with Crippen LogP contribution in [-0.2, 0) is 4.79 Å². The predicted octanol–water partition coefficient (Wildman–Crippen LogP) is 4.26. The zero-order chi connectivity index (χ0) is 13.8. The molecular weight excluding hydrogens is 258 g/mol. The lowest BCUT2D eigenvalue weighted by Crippen LogP contribution is -2.46. The van der Waals surface area contributed by atoms with Crippen molar-refractivity contribution in [2.75, 3.05) is 12.4 Å². The van der Waals surface area contributed by atoms with Gasteiger partial charge in [0.1, 0.15) is 0 Å². The Hall–Kier alpha value is -0.240. The highest BCUT2D eigenvalue weighted by Gasteiger charge is 2.37. The summed E-state index contributed by atoms with van der Waals surface area (Å²) in [6.07, 6.45) is 12.0. The van der Waals surface area contributed by atoms with Crippen molar-refractivity contribution in [2.24, 2.45) is 10.8 Å². The predicted molar refractivity (Wildman–Crippen MR) is 80.4 cm³/mol. The standard InChI is InChI=1S/C16H28ClNO/c1-15(8-4-2-5-9-15)14(19)18-13-16(12-17)10-6-3-7-11-16/h2-13H2,1H3,(H,18,19). The van der Waals surface area contributed by atoms with E-state index in [1.807, 2.05) is 0 Å². The smallest absolute Gasteiger partial charge is 0.225 e. The lowest BCUT2D eigenvalue weighted by molar-refractivity contribution is -0.132. The molecule has 0 radical (unpaired) electrons. The summed E-state index contributed by atoms with van der Waals surface area (Å²) in [4.78, 5) is 12.5. The Morgan fingerprint density at radius 2 is 1.53 bits per heavy atom. The summed E-state index contributed by atoms with van der Waals surface area (Å²) in [5.41, 5.74) is 0.0426. The van der Waals surface area contributed by atoms with Gasteiger partial charge in [0, 0.05) is 23.3 Å². The topological polar surface area (TPSA) is 29.1 Å². The molecule has 0 aliphatic heterocycles. The fourth-order valence-corrected chi connectivity index (χ4v) is 4.06. The molecule has 0 aromatic heterocycles. The van der Waals surface area contributed by atoms with Gasteiger partial charge in [-0.25, -0.2) is 0 Å². The molecular formula is C16H28ClNO. The molecule has 0 unspecified atom stereocenters. The summed E-state index contributed by atoms with van der Waals surface area (Å²) >= 11 is 6.19. The molecule has 2 aliphatic carbocycles. The van der Waals surface area contributed by atoms with E-state index >= 15 is 0 Å². The van der Waals surface area contributed by atoms with E-state index in [0.717, 1.165) is 19.4 Å². The van der Waals surface area contributed by atoms with Gasteiger partial charge in [0.2, 0.25) is 5.91 Å². The van der Waals surface area contributed by atoms with Crippen LogP contribution in [0.1, 0.15) is 71.1 Å². The number of amides is 1. The normalized spacial score (nSPS) is 25.8. The van der Waals surface area contributed by atoms with E-state index in [-0.39, 0.29) is 16.7 Å². The van der Waals surface area contributed by atoms with Crippen LogP contribution in [0.4, 0.5) is 0 Å². The van der Waals surface area contributed by atoms with Gasteiger partial charge in [-0.3, -0.25) is 4.79 Å². The van der Waals surface area contributed by atoms with Crippen LogP contribution in [-0.4, -0.2) is 18.3 Å². The highest BCUT2D eigenvalue weighted by molar-refractivity contribution is 6.18. The third-order valence-corrected chi connectivity index (χ3v) is 5.89. The first kappa shape index (κ1) is 15.2. The summed E-state index contributed by atoms with van der Waals surface area (Å²) in [5, 5.41) is 3.23. The highest BCUT2D eigenvalue weighted by atomic mass is 35.5. The number of halogens is 1. The zero-order valence-electron chi connectivity index (χ0n) is 12.3. The second-order valence-electron chi connectivity index (χ2n) is 7.00. The molecule has 2 aliphatic rings. The number of carbonyl (C=O) groups is 1. The maximum Gasteiger partial charge on any atom is 0.225 e. The average molecular weight is 286 g/mol. The Labute approximate surface area is 122 Å². The molecule has 0 spiro atoms. The molecule has 0 aromatic carbocycles. The Morgan fingerprint density at radius 3 is 2.05 bits per heavy atom. The Balaban J connectivity index is 1.87. The summed E-state index contributed by atoms with van der Waals surface area (Å²) in [6.45, 7) is 2.92. The Bertz CT molecular complexity index is 304. The highest BCUT2D eigenvalue weighted by Crippen LogP contribution is 2.38. The minimum absolute atomic E-state index is 0.125. The molecule has 2 fully saturated rings. The SMILES string of the molecule is CC1(C(=O)NCC2(CCl)CCCCC2)CCCCC1. The largest absolute Gasteiger partial charge is 0.355 e. The van der Waals surface area contributed by atoms with E-state index in [1.54, 1.807) is 0 Å². The van der Waals surface area contributed by atoms with Crippen LogP contribution < -0.4 is 5.32 Å². The Morgan fingerprint density at radius 1 is 1.00 bits per heavy atom. The van der Waals surface area contributed by atoms with E-state index in [2.05, 4.69) is 12.2 Å². The fraction of sp³-hybridized carbons (Fsp3) is 0.938. The van der Waals surface area contributed by atoms with Crippen molar-refractivity contribution < 1.29 is 4.79 Å². The molecule has 3 heteroatoms. The first-order chi connectivity index (χ1) is 9.10. The molecule has 1 N–H and O–H groups in total. The van der Waals surface area contributed by atoms with Gasteiger partial charge >= 0.3 is 0 Å². The molecule has 0 heterocycles. The van der Waals surface area contributed by atoms with E-state index in [4.69, 9.17) is 11.6 Å². The van der Waals surface area contributed by atoms with E-state index in [0.29, 0.717) is 5.88 Å². The lowest BCUT2D eigenvalue weighted by Gasteiger charge is -2.38. The fourth-order valence-electron chi connectivity index (χ4n) is 3.70. The number of rotatable bonds is 4. The average Bonchev–Trinajstić information content (AvgIpc) is 2.46. The molecule has 1 amide bonds. The van der Waals surface area contributed by atoms with Crippen molar-refractivity contribution in [1.82, 2.24) is 5.32 Å². The third kappa shape index (κ3) is 3.65. The van der Waals surface area contributed by atoms with E-state index < -0.39 is 0 Å². The van der Waals surface area contributed by atoms with Crippen molar-refractivity contribution in [3.63, 3.8) is 0 Å². The monoisotopic (exact) mass is 285 g/mol. The van der Waals surface area contributed by atoms with Gasteiger partial charge in [-0.2, -0.15) is 0 Å². The van der Waals surface area contributed by atoms with Crippen LogP contribution >= 0.6 is 11.6 Å². The molecule has 0 aromatic rings. The molecule has 110 valence electrons. The number of carbonyl (C=O) groups excluding carboxylic acids is 1. The van der Waals surface area contributed by atoms with Crippen LogP contribution in [0.25, 0.3) is 0 Å². The molecule has 0 bridgehead atoms. The maximum atomic E-state index is 12.5. The molecule has 19 heavy (non-hydrogen) atoms. The van der Waals surface area contributed by atoms with E-state index in [9.17, 15) is 4.79 Å². The van der Waals surface area contributed by atoms with Gasteiger partial charge in [-0.15, -0.1) is 11.6 Å². The number of hydrogen-bond donors (Lipinski definition) is 1. The van der Waals surface area contributed by atoms with Crippen LogP contribution in [0.3, 0.4) is 0 Å². The molecule has 0 saturated heterocycles.